The van der Waals surface area contributed by atoms with E-state index in [4.69, 9.17) is 18.0 Å². The van der Waals surface area contributed by atoms with Crippen molar-refractivity contribution in [1.29, 1.82) is 0 Å². The van der Waals surface area contributed by atoms with Crippen LogP contribution in [0.3, 0.4) is 0 Å². The summed E-state index contributed by atoms with van der Waals surface area (Å²) in [6.45, 7) is 4.16. The molecule has 0 atom stereocenters. The van der Waals surface area contributed by atoms with Gasteiger partial charge in [-0.15, -0.1) is 0 Å². The van der Waals surface area contributed by atoms with Gasteiger partial charge in [-0.05, 0) is 24.1 Å². The molecule has 0 aromatic heterocycles. The van der Waals surface area contributed by atoms with E-state index >= 15 is 0 Å². The zero-order chi connectivity index (χ0) is 12.3. The summed E-state index contributed by atoms with van der Waals surface area (Å²) in [6.07, 6.45) is 0.885. The lowest BCUT2D eigenvalue weighted by Crippen LogP contribution is -2.31. The molecule has 0 aliphatic carbocycles. The zero-order valence-corrected chi connectivity index (χ0v) is 11.3. The molecule has 0 radical (unpaired) electrons. The topological polar surface area (TPSA) is 29.3 Å². The van der Waals surface area contributed by atoms with Crippen LogP contribution in [0.2, 0.25) is 0 Å². The van der Waals surface area contributed by atoms with Gasteiger partial charge in [0.2, 0.25) is 0 Å². The second-order valence-corrected chi connectivity index (χ2v) is 5.43. The Labute approximate surface area is 103 Å². The van der Waals surface area contributed by atoms with Gasteiger partial charge in [0.05, 0.1) is 4.99 Å². The highest BCUT2D eigenvalue weighted by molar-refractivity contribution is 7.80. The number of nitrogens with two attached hydrogens (primary N) is 1. The van der Waals surface area contributed by atoms with Crippen molar-refractivity contribution in [3.63, 3.8) is 0 Å². The summed E-state index contributed by atoms with van der Waals surface area (Å²) < 4.78 is 0. The Balaban J connectivity index is 2.80. The standard InChI is InChI=1S/C13H20N2S/c1-13(2,12(14)16)9-10-5-7-11(8-6-10)15(3)4/h5-8H,9H2,1-4H3,(H2,14,16). The second kappa shape index (κ2) is 4.83. The monoisotopic (exact) mass is 236 g/mol. The van der Waals surface area contributed by atoms with Crippen LogP contribution >= 0.6 is 12.2 Å². The smallest absolute Gasteiger partial charge is 0.0787 e. The molecule has 0 heterocycles. The largest absolute Gasteiger partial charge is 0.393 e. The third-order valence-electron chi connectivity index (χ3n) is 2.77. The normalized spacial score (nSPS) is 11.2. The Morgan fingerprint density at radius 3 is 2.12 bits per heavy atom. The minimum atomic E-state index is -0.116. The molecular formula is C13H20N2S. The molecule has 0 saturated heterocycles. The number of rotatable bonds is 4. The average molecular weight is 236 g/mol. The van der Waals surface area contributed by atoms with E-state index in [0.717, 1.165) is 6.42 Å². The minimum Gasteiger partial charge on any atom is -0.393 e. The van der Waals surface area contributed by atoms with Gasteiger partial charge in [-0.1, -0.05) is 38.2 Å². The van der Waals surface area contributed by atoms with Crippen LogP contribution in [0.5, 0.6) is 0 Å². The predicted molar refractivity (Wildman–Crippen MR) is 75.0 cm³/mol. The highest BCUT2D eigenvalue weighted by atomic mass is 32.1. The molecular weight excluding hydrogens is 216 g/mol. The first kappa shape index (κ1) is 13.0. The Morgan fingerprint density at radius 1 is 1.25 bits per heavy atom. The fourth-order valence-electron chi connectivity index (χ4n) is 1.51. The summed E-state index contributed by atoms with van der Waals surface area (Å²) in [6, 6.07) is 8.50. The van der Waals surface area contributed by atoms with Crippen molar-refractivity contribution in [3.8, 4) is 0 Å². The molecule has 0 fully saturated rings. The molecule has 0 aliphatic heterocycles. The molecule has 0 aliphatic rings. The molecule has 2 N–H and O–H groups in total. The van der Waals surface area contributed by atoms with Gasteiger partial charge in [-0.25, -0.2) is 0 Å². The van der Waals surface area contributed by atoms with Crippen LogP contribution < -0.4 is 10.6 Å². The van der Waals surface area contributed by atoms with Crippen LogP contribution in [0.25, 0.3) is 0 Å². The first-order chi connectivity index (χ1) is 7.33. The number of hydrogen-bond acceptors (Lipinski definition) is 2. The fourth-order valence-corrected chi connectivity index (χ4v) is 1.58. The maximum Gasteiger partial charge on any atom is 0.0787 e. The number of thiocarbonyl (C=S) groups is 1. The maximum atomic E-state index is 5.72. The van der Waals surface area contributed by atoms with E-state index < -0.39 is 0 Å². The van der Waals surface area contributed by atoms with Crippen LogP contribution in [0.1, 0.15) is 19.4 Å². The fraction of sp³-hybridized carbons (Fsp3) is 0.462. The third kappa shape index (κ3) is 3.20. The molecule has 0 bridgehead atoms. The Kier molecular flexibility index (Phi) is 3.92. The summed E-state index contributed by atoms with van der Waals surface area (Å²) in [5, 5.41) is 0. The van der Waals surface area contributed by atoms with E-state index in [0.29, 0.717) is 4.99 Å². The van der Waals surface area contributed by atoms with E-state index in [-0.39, 0.29) is 5.41 Å². The van der Waals surface area contributed by atoms with Crippen molar-refractivity contribution in [2.24, 2.45) is 11.1 Å². The number of anilines is 1. The maximum absolute atomic E-state index is 5.72. The van der Waals surface area contributed by atoms with Crippen molar-refractivity contribution in [3.05, 3.63) is 29.8 Å². The van der Waals surface area contributed by atoms with Crippen molar-refractivity contribution >= 4 is 22.9 Å². The lowest BCUT2D eigenvalue weighted by Gasteiger charge is -2.23. The Morgan fingerprint density at radius 2 is 1.75 bits per heavy atom. The van der Waals surface area contributed by atoms with Gasteiger partial charge >= 0.3 is 0 Å². The van der Waals surface area contributed by atoms with Crippen molar-refractivity contribution in [1.82, 2.24) is 0 Å². The lowest BCUT2D eigenvalue weighted by molar-refractivity contribution is 0.523. The summed E-state index contributed by atoms with van der Waals surface area (Å²) in [4.78, 5) is 2.66. The van der Waals surface area contributed by atoms with Gasteiger partial charge in [-0.3, -0.25) is 0 Å². The van der Waals surface area contributed by atoms with Crippen molar-refractivity contribution < 1.29 is 0 Å². The van der Waals surface area contributed by atoms with Gasteiger partial charge in [0, 0.05) is 25.2 Å². The highest BCUT2D eigenvalue weighted by Gasteiger charge is 2.21. The molecule has 1 aromatic carbocycles. The molecule has 1 rings (SSSR count). The van der Waals surface area contributed by atoms with Gasteiger partial charge in [0.25, 0.3) is 0 Å². The molecule has 2 nitrogen and oxygen atoms in total. The summed E-state index contributed by atoms with van der Waals surface area (Å²) in [7, 11) is 4.07. The minimum absolute atomic E-state index is 0.116. The van der Waals surface area contributed by atoms with E-state index in [1.165, 1.54) is 11.3 Å². The summed E-state index contributed by atoms with van der Waals surface area (Å²) in [5.74, 6) is 0. The number of nitrogens with zero attached hydrogens (tertiary/aromatic N) is 1. The van der Waals surface area contributed by atoms with Gasteiger partial charge in [0.1, 0.15) is 0 Å². The van der Waals surface area contributed by atoms with Crippen molar-refractivity contribution in [2.45, 2.75) is 20.3 Å². The Bertz CT molecular complexity index is 366. The van der Waals surface area contributed by atoms with Crippen LogP contribution in [0, 0.1) is 5.41 Å². The highest BCUT2D eigenvalue weighted by Crippen LogP contribution is 2.23. The first-order valence-electron chi connectivity index (χ1n) is 5.39. The molecule has 0 unspecified atom stereocenters. The Hall–Kier alpha value is -1.09. The van der Waals surface area contributed by atoms with Crippen LogP contribution in [0.15, 0.2) is 24.3 Å². The van der Waals surface area contributed by atoms with E-state index in [1.54, 1.807) is 0 Å². The summed E-state index contributed by atoms with van der Waals surface area (Å²) in [5.41, 5.74) is 8.08. The third-order valence-corrected chi connectivity index (χ3v) is 3.32. The average Bonchev–Trinajstić information content (AvgIpc) is 2.17. The van der Waals surface area contributed by atoms with E-state index in [2.05, 4.69) is 43.0 Å². The van der Waals surface area contributed by atoms with Gasteiger partial charge < -0.3 is 10.6 Å². The quantitative estimate of drug-likeness (QED) is 0.815. The lowest BCUT2D eigenvalue weighted by atomic mass is 9.86. The summed E-state index contributed by atoms with van der Waals surface area (Å²) >= 11 is 5.07. The SMILES string of the molecule is CN(C)c1ccc(CC(C)(C)C(N)=S)cc1. The molecule has 88 valence electrons. The van der Waals surface area contributed by atoms with Crippen LogP contribution in [-0.2, 0) is 6.42 Å². The number of hydrogen-bond donors (Lipinski definition) is 1. The van der Waals surface area contributed by atoms with Gasteiger partial charge in [0.15, 0.2) is 0 Å². The molecule has 1 aromatic rings. The second-order valence-electron chi connectivity index (χ2n) is 4.99. The van der Waals surface area contributed by atoms with Crippen molar-refractivity contribution in [2.75, 3.05) is 19.0 Å². The molecule has 16 heavy (non-hydrogen) atoms. The molecule has 0 spiro atoms. The van der Waals surface area contributed by atoms with Crippen LogP contribution in [0.4, 0.5) is 5.69 Å². The van der Waals surface area contributed by atoms with E-state index in [1.807, 2.05) is 14.1 Å². The molecule has 3 heteroatoms. The predicted octanol–water partition coefficient (Wildman–Crippen LogP) is 2.61. The van der Waals surface area contributed by atoms with Crippen LogP contribution in [-0.4, -0.2) is 19.1 Å². The van der Waals surface area contributed by atoms with E-state index in [9.17, 15) is 0 Å². The molecule has 0 saturated carbocycles. The van der Waals surface area contributed by atoms with Gasteiger partial charge in [-0.2, -0.15) is 0 Å². The first-order valence-corrected chi connectivity index (χ1v) is 5.80. The number of benzene rings is 1. The zero-order valence-electron chi connectivity index (χ0n) is 10.4. The molecule has 0 amide bonds.